The fourth-order valence-electron chi connectivity index (χ4n) is 4.36. The number of carbonyl (C=O) groups is 1. The molecule has 0 bridgehead atoms. The van der Waals surface area contributed by atoms with Crippen LogP contribution in [0.1, 0.15) is 48.9 Å². The first-order chi connectivity index (χ1) is 14.6. The molecule has 156 valence electrons. The lowest BCUT2D eigenvalue weighted by molar-refractivity contribution is -0.138. The molecule has 2 aromatic rings. The van der Waals surface area contributed by atoms with Crippen LogP contribution in [0.2, 0.25) is 0 Å². The Labute approximate surface area is 178 Å². The standard InChI is InChI=1S/C26H29NO3/c1-3-29-26(28)23-22(15-17(2)24(23)27)21-14-13-19-11-7-8-12-20(19)25(21)30-16-18-9-5-4-6-10-18/h4-6,9-10,13-15,17H,3,7-8,11-12,16,27H2,1-2H3. The fraction of sp³-hybridized carbons (Fsp3) is 0.346. The predicted molar refractivity (Wildman–Crippen MR) is 119 cm³/mol. The summed E-state index contributed by atoms with van der Waals surface area (Å²) >= 11 is 0. The number of fused-ring (bicyclic) bond motifs is 1. The third-order valence-electron chi connectivity index (χ3n) is 5.94. The Hall–Kier alpha value is -3.01. The van der Waals surface area contributed by atoms with Gasteiger partial charge in [-0.1, -0.05) is 55.5 Å². The van der Waals surface area contributed by atoms with Gasteiger partial charge in [0.05, 0.1) is 12.2 Å². The molecule has 4 rings (SSSR count). The molecular formula is C26H29NO3. The van der Waals surface area contributed by atoms with E-state index in [1.54, 1.807) is 0 Å². The smallest absolute Gasteiger partial charge is 0.340 e. The third-order valence-corrected chi connectivity index (χ3v) is 5.94. The van der Waals surface area contributed by atoms with E-state index in [1.807, 2.05) is 32.0 Å². The van der Waals surface area contributed by atoms with Crippen LogP contribution in [-0.2, 0) is 29.0 Å². The van der Waals surface area contributed by atoms with Crippen LogP contribution >= 0.6 is 0 Å². The monoisotopic (exact) mass is 403 g/mol. The first-order valence-corrected chi connectivity index (χ1v) is 10.8. The molecule has 30 heavy (non-hydrogen) atoms. The molecule has 4 heteroatoms. The minimum Gasteiger partial charge on any atom is -0.488 e. The molecule has 4 nitrogen and oxygen atoms in total. The maximum Gasteiger partial charge on any atom is 0.340 e. The molecule has 0 spiro atoms. The average molecular weight is 404 g/mol. The molecule has 0 heterocycles. The van der Waals surface area contributed by atoms with E-state index in [1.165, 1.54) is 17.5 Å². The maximum atomic E-state index is 12.7. The van der Waals surface area contributed by atoms with E-state index in [0.29, 0.717) is 24.5 Å². The topological polar surface area (TPSA) is 61.5 Å². The summed E-state index contributed by atoms with van der Waals surface area (Å²) in [4.78, 5) is 12.7. The Balaban J connectivity index is 1.77. The highest BCUT2D eigenvalue weighted by Crippen LogP contribution is 2.43. The summed E-state index contributed by atoms with van der Waals surface area (Å²) in [6, 6.07) is 14.4. The highest BCUT2D eigenvalue weighted by atomic mass is 16.5. The van der Waals surface area contributed by atoms with Crippen molar-refractivity contribution in [2.45, 2.75) is 46.1 Å². The summed E-state index contributed by atoms with van der Waals surface area (Å²) in [7, 11) is 0. The number of nitrogens with two attached hydrogens (primary N) is 1. The van der Waals surface area contributed by atoms with Gasteiger partial charge in [0, 0.05) is 17.2 Å². The first kappa shape index (κ1) is 20.3. The molecule has 0 amide bonds. The summed E-state index contributed by atoms with van der Waals surface area (Å²) in [5, 5.41) is 0. The van der Waals surface area contributed by atoms with Gasteiger partial charge in [-0.25, -0.2) is 4.79 Å². The van der Waals surface area contributed by atoms with E-state index in [-0.39, 0.29) is 11.9 Å². The molecule has 2 aliphatic rings. The summed E-state index contributed by atoms with van der Waals surface area (Å²) in [6.07, 6.45) is 6.46. The number of allylic oxidation sites excluding steroid dienone is 1. The van der Waals surface area contributed by atoms with Gasteiger partial charge in [-0.3, -0.25) is 0 Å². The highest BCUT2D eigenvalue weighted by molar-refractivity contribution is 6.09. The number of hydrogen-bond donors (Lipinski definition) is 1. The number of hydrogen-bond acceptors (Lipinski definition) is 4. The second-order valence-corrected chi connectivity index (χ2v) is 7.98. The largest absolute Gasteiger partial charge is 0.488 e. The van der Waals surface area contributed by atoms with Gasteiger partial charge in [0.1, 0.15) is 12.4 Å². The molecule has 0 aromatic heterocycles. The average Bonchev–Trinajstić information content (AvgIpc) is 3.07. The van der Waals surface area contributed by atoms with Crippen molar-refractivity contribution in [2.75, 3.05) is 6.61 Å². The molecule has 2 N–H and O–H groups in total. The SMILES string of the molecule is CCOC(=O)C1=C(N)C(C)C=C1c1ccc2c(c1OCc1ccccc1)CCCC2. The van der Waals surface area contributed by atoms with E-state index < -0.39 is 0 Å². The number of esters is 1. The normalized spacial score (nSPS) is 18.1. The number of aryl methyl sites for hydroxylation is 1. The van der Waals surface area contributed by atoms with Crippen LogP contribution < -0.4 is 10.5 Å². The van der Waals surface area contributed by atoms with Crippen LogP contribution in [-0.4, -0.2) is 12.6 Å². The quantitative estimate of drug-likeness (QED) is 0.693. The van der Waals surface area contributed by atoms with E-state index in [9.17, 15) is 4.79 Å². The lowest BCUT2D eigenvalue weighted by Crippen LogP contribution is -2.15. The molecule has 0 saturated carbocycles. The van der Waals surface area contributed by atoms with Crippen LogP contribution in [0, 0.1) is 5.92 Å². The van der Waals surface area contributed by atoms with Crippen LogP contribution in [0.5, 0.6) is 5.75 Å². The second-order valence-electron chi connectivity index (χ2n) is 7.98. The molecular weight excluding hydrogens is 374 g/mol. The van der Waals surface area contributed by atoms with Gasteiger partial charge >= 0.3 is 5.97 Å². The maximum absolute atomic E-state index is 12.7. The Morgan fingerprint density at radius 3 is 2.63 bits per heavy atom. The van der Waals surface area contributed by atoms with Gasteiger partial charge in [0.15, 0.2) is 0 Å². The Morgan fingerprint density at radius 1 is 1.10 bits per heavy atom. The van der Waals surface area contributed by atoms with Gasteiger partial charge < -0.3 is 15.2 Å². The first-order valence-electron chi connectivity index (χ1n) is 10.8. The van der Waals surface area contributed by atoms with E-state index in [2.05, 4.69) is 30.3 Å². The Morgan fingerprint density at radius 2 is 1.87 bits per heavy atom. The van der Waals surface area contributed by atoms with Crippen LogP contribution in [0.3, 0.4) is 0 Å². The van der Waals surface area contributed by atoms with Crippen molar-refractivity contribution in [2.24, 2.45) is 11.7 Å². The summed E-state index contributed by atoms with van der Waals surface area (Å²) in [5.41, 5.74) is 12.8. The fourth-order valence-corrected chi connectivity index (χ4v) is 4.36. The van der Waals surface area contributed by atoms with Crippen molar-refractivity contribution < 1.29 is 14.3 Å². The van der Waals surface area contributed by atoms with Crippen molar-refractivity contribution in [1.82, 2.24) is 0 Å². The third kappa shape index (κ3) is 3.87. The molecule has 1 unspecified atom stereocenters. The van der Waals surface area contributed by atoms with E-state index >= 15 is 0 Å². The number of ether oxygens (including phenoxy) is 2. The van der Waals surface area contributed by atoms with Crippen LogP contribution in [0.4, 0.5) is 0 Å². The number of carbonyl (C=O) groups excluding carboxylic acids is 1. The van der Waals surface area contributed by atoms with Crippen molar-refractivity contribution in [3.05, 3.63) is 82.1 Å². The van der Waals surface area contributed by atoms with Gasteiger partial charge in [-0.15, -0.1) is 0 Å². The molecule has 2 aromatic carbocycles. The summed E-state index contributed by atoms with van der Waals surface area (Å²) in [5.74, 6) is 0.501. The lowest BCUT2D eigenvalue weighted by atomic mass is 9.87. The second kappa shape index (κ2) is 8.78. The summed E-state index contributed by atoms with van der Waals surface area (Å²) < 4.78 is 11.8. The van der Waals surface area contributed by atoms with Crippen molar-refractivity contribution in [3.63, 3.8) is 0 Å². The number of benzene rings is 2. The van der Waals surface area contributed by atoms with Gasteiger partial charge in [0.25, 0.3) is 0 Å². The van der Waals surface area contributed by atoms with Gasteiger partial charge in [-0.05, 0) is 54.9 Å². The van der Waals surface area contributed by atoms with E-state index in [0.717, 1.165) is 41.7 Å². The predicted octanol–water partition coefficient (Wildman–Crippen LogP) is 4.95. The van der Waals surface area contributed by atoms with Crippen molar-refractivity contribution in [3.8, 4) is 5.75 Å². The zero-order valence-corrected chi connectivity index (χ0v) is 17.7. The Bertz CT molecular complexity index is 1000. The van der Waals surface area contributed by atoms with Gasteiger partial charge in [-0.2, -0.15) is 0 Å². The zero-order chi connectivity index (χ0) is 21.1. The molecule has 0 aliphatic heterocycles. The molecule has 1 atom stereocenters. The highest BCUT2D eigenvalue weighted by Gasteiger charge is 2.31. The zero-order valence-electron chi connectivity index (χ0n) is 17.7. The van der Waals surface area contributed by atoms with Gasteiger partial charge in [0.2, 0.25) is 0 Å². The minimum atomic E-state index is -0.364. The molecule has 0 radical (unpaired) electrons. The van der Waals surface area contributed by atoms with Crippen molar-refractivity contribution in [1.29, 1.82) is 0 Å². The molecule has 0 fully saturated rings. The van der Waals surface area contributed by atoms with E-state index in [4.69, 9.17) is 15.2 Å². The molecule has 0 saturated heterocycles. The lowest BCUT2D eigenvalue weighted by Gasteiger charge is -2.23. The molecule has 2 aliphatic carbocycles. The van der Waals surface area contributed by atoms with Crippen molar-refractivity contribution >= 4 is 11.5 Å². The van der Waals surface area contributed by atoms with Crippen LogP contribution in [0.25, 0.3) is 5.57 Å². The number of rotatable bonds is 6. The Kier molecular flexibility index (Phi) is 5.93. The van der Waals surface area contributed by atoms with Crippen LogP contribution in [0.15, 0.2) is 59.8 Å². The minimum absolute atomic E-state index is 0.0163. The summed E-state index contributed by atoms with van der Waals surface area (Å²) in [6.45, 7) is 4.62.